The van der Waals surface area contributed by atoms with Crippen LogP contribution in [0, 0.1) is 0 Å². The molecule has 0 saturated carbocycles. The fourth-order valence-electron chi connectivity index (χ4n) is 1.83. The lowest BCUT2D eigenvalue weighted by molar-refractivity contribution is 0.00578. The maximum atomic E-state index is 6.31. The first kappa shape index (κ1) is 14.6. The van der Waals surface area contributed by atoms with Gasteiger partial charge in [0, 0.05) is 11.7 Å². The van der Waals surface area contributed by atoms with E-state index in [0.717, 1.165) is 5.46 Å². The van der Waals surface area contributed by atoms with E-state index in [9.17, 15) is 0 Å². The van der Waals surface area contributed by atoms with Crippen LogP contribution in [0.2, 0.25) is 5.02 Å². The van der Waals surface area contributed by atoms with Crippen molar-refractivity contribution >= 4 is 24.2 Å². The minimum Gasteiger partial charge on any atom is -0.477 e. The number of aromatic nitrogens is 1. The van der Waals surface area contributed by atoms with Crippen molar-refractivity contribution in [3.63, 3.8) is 0 Å². The topological polar surface area (TPSA) is 40.6 Å². The predicted molar refractivity (Wildman–Crippen MR) is 76.1 cm³/mol. The lowest BCUT2D eigenvalue weighted by Crippen LogP contribution is -2.41. The molecule has 1 fully saturated rings. The van der Waals surface area contributed by atoms with Crippen LogP contribution in [0.5, 0.6) is 5.88 Å². The summed E-state index contributed by atoms with van der Waals surface area (Å²) in [5, 5.41) is 0.447. The zero-order valence-electron chi connectivity index (χ0n) is 12.0. The highest BCUT2D eigenvalue weighted by atomic mass is 35.5. The summed E-state index contributed by atoms with van der Waals surface area (Å²) < 4.78 is 17.3. The van der Waals surface area contributed by atoms with Crippen LogP contribution < -0.4 is 10.2 Å². The molecule has 19 heavy (non-hydrogen) atoms. The maximum absolute atomic E-state index is 6.31. The molecule has 0 amide bonds. The summed E-state index contributed by atoms with van der Waals surface area (Å²) in [6.07, 6.45) is 1.65. The molecule has 2 rings (SSSR count). The minimum atomic E-state index is -0.500. The van der Waals surface area contributed by atoms with Crippen molar-refractivity contribution in [2.75, 3.05) is 6.61 Å². The van der Waals surface area contributed by atoms with Gasteiger partial charge in [0.15, 0.2) is 0 Å². The third-order valence-electron chi connectivity index (χ3n) is 3.68. The van der Waals surface area contributed by atoms with E-state index in [1.807, 2.05) is 34.6 Å². The average Bonchev–Trinajstić information content (AvgIpc) is 2.51. The van der Waals surface area contributed by atoms with Crippen molar-refractivity contribution < 1.29 is 14.0 Å². The van der Waals surface area contributed by atoms with E-state index < -0.39 is 18.3 Å². The molecule has 0 aromatic carbocycles. The molecule has 0 radical (unpaired) electrons. The highest BCUT2D eigenvalue weighted by Crippen LogP contribution is 2.37. The molecular formula is C13H19BClNO3. The summed E-state index contributed by atoms with van der Waals surface area (Å²) in [7, 11) is -0.500. The van der Waals surface area contributed by atoms with Gasteiger partial charge in [0.2, 0.25) is 5.88 Å². The van der Waals surface area contributed by atoms with Gasteiger partial charge in [0.25, 0.3) is 0 Å². The molecule has 6 heteroatoms. The molecular weight excluding hydrogens is 264 g/mol. The van der Waals surface area contributed by atoms with E-state index in [0.29, 0.717) is 17.5 Å². The van der Waals surface area contributed by atoms with Crippen LogP contribution in [0.25, 0.3) is 0 Å². The smallest absolute Gasteiger partial charge is 0.477 e. The van der Waals surface area contributed by atoms with E-state index in [4.69, 9.17) is 25.6 Å². The van der Waals surface area contributed by atoms with Gasteiger partial charge in [-0.15, -0.1) is 0 Å². The maximum Gasteiger partial charge on any atom is 0.496 e. The molecule has 0 N–H and O–H groups in total. The Morgan fingerprint density at radius 3 is 2.37 bits per heavy atom. The molecule has 0 unspecified atom stereocenters. The summed E-state index contributed by atoms with van der Waals surface area (Å²) in [5.41, 5.74) is -0.0368. The number of hydrogen-bond donors (Lipinski definition) is 0. The molecule has 0 atom stereocenters. The average molecular weight is 284 g/mol. The molecule has 1 saturated heterocycles. The summed E-state index contributed by atoms with van der Waals surface area (Å²) in [6, 6.07) is 1.80. The van der Waals surface area contributed by atoms with E-state index in [1.165, 1.54) is 0 Å². The van der Waals surface area contributed by atoms with E-state index >= 15 is 0 Å². The van der Waals surface area contributed by atoms with E-state index in [-0.39, 0.29) is 0 Å². The zero-order chi connectivity index (χ0) is 14.3. The Bertz CT molecular complexity index is 463. The first-order valence-corrected chi connectivity index (χ1v) is 6.79. The van der Waals surface area contributed by atoms with Crippen LogP contribution in [-0.4, -0.2) is 29.9 Å². The Morgan fingerprint density at radius 1 is 1.26 bits per heavy atom. The van der Waals surface area contributed by atoms with Crippen LogP contribution >= 0.6 is 11.6 Å². The molecule has 1 aromatic rings. The fraction of sp³-hybridized carbons (Fsp3) is 0.615. The highest BCUT2D eigenvalue weighted by molar-refractivity contribution is 6.65. The van der Waals surface area contributed by atoms with Crippen LogP contribution in [0.4, 0.5) is 0 Å². The Balaban J connectivity index is 2.32. The molecule has 1 aliphatic rings. The third-order valence-corrected chi connectivity index (χ3v) is 4.06. The van der Waals surface area contributed by atoms with Crippen LogP contribution in [0.15, 0.2) is 12.3 Å². The quantitative estimate of drug-likeness (QED) is 0.799. The van der Waals surface area contributed by atoms with E-state index in [1.54, 1.807) is 12.3 Å². The Labute approximate surface area is 119 Å². The molecule has 1 aromatic heterocycles. The predicted octanol–water partition coefficient (Wildman–Crippen LogP) is 2.43. The van der Waals surface area contributed by atoms with Gasteiger partial charge < -0.3 is 14.0 Å². The SMILES string of the molecule is CCOc1nccc(B2OC(C)(C)C(C)(C)O2)c1Cl. The van der Waals surface area contributed by atoms with Crippen molar-refractivity contribution in [1.29, 1.82) is 0 Å². The number of pyridine rings is 1. The first-order valence-electron chi connectivity index (χ1n) is 6.41. The number of ether oxygens (including phenoxy) is 1. The Kier molecular flexibility index (Phi) is 3.82. The first-order chi connectivity index (χ1) is 8.78. The van der Waals surface area contributed by atoms with Crippen molar-refractivity contribution in [3.05, 3.63) is 17.3 Å². The van der Waals surface area contributed by atoms with Crippen molar-refractivity contribution in [2.45, 2.75) is 45.8 Å². The molecule has 2 heterocycles. The Morgan fingerprint density at radius 2 is 1.84 bits per heavy atom. The minimum absolute atomic E-state index is 0.393. The number of nitrogens with zero attached hydrogens (tertiary/aromatic N) is 1. The lowest BCUT2D eigenvalue weighted by Gasteiger charge is -2.32. The number of halogens is 1. The lowest BCUT2D eigenvalue weighted by atomic mass is 9.79. The van der Waals surface area contributed by atoms with Crippen LogP contribution in [0.3, 0.4) is 0 Å². The van der Waals surface area contributed by atoms with Crippen molar-refractivity contribution in [3.8, 4) is 5.88 Å². The third kappa shape index (κ3) is 2.60. The highest BCUT2D eigenvalue weighted by Gasteiger charge is 2.52. The second-order valence-corrected chi connectivity index (χ2v) is 5.92. The van der Waals surface area contributed by atoms with Crippen LogP contribution in [0.1, 0.15) is 34.6 Å². The molecule has 0 aliphatic carbocycles. The van der Waals surface area contributed by atoms with Crippen molar-refractivity contribution in [1.82, 2.24) is 4.98 Å². The number of hydrogen-bond acceptors (Lipinski definition) is 4. The molecule has 0 spiro atoms. The molecule has 0 bridgehead atoms. The number of rotatable bonds is 3. The van der Waals surface area contributed by atoms with Gasteiger partial charge in [-0.25, -0.2) is 4.98 Å². The second-order valence-electron chi connectivity index (χ2n) is 5.54. The summed E-state index contributed by atoms with van der Waals surface area (Å²) in [5.74, 6) is 0.413. The largest absolute Gasteiger partial charge is 0.496 e. The van der Waals surface area contributed by atoms with Crippen LogP contribution in [-0.2, 0) is 9.31 Å². The Hall–Kier alpha value is -0.775. The zero-order valence-corrected chi connectivity index (χ0v) is 12.7. The standard InChI is InChI=1S/C13H19BClNO3/c1-6-17-11-10(15)9(7-8-16-11)14-18-12(2,3)13(4,5)19-14/h7-8H,6H2,1-5H3. The monoisotopic (exact) mass is 283 g/mol. The second kappa shape index (κ2) is 4.96. The summed E-state index contributed by atoms with van der Waals surface area (Å²) in [4.78, 5) is 4.11. The molecule has 104 valence electrons. The van der Waals surface area contributed by atoms with Gasteiger partial charge in [-0.1, -0.05) is 11.6 Å². The normalized spacial score (nSPS) is 20.6. The van der Waals surface area contributed by atoms with Gasteiger partial charge in [0.1, 0.15) is 5.02 Å². The van der Waals surface area contributed by atoms with Gasteiger partial charge in [-0.05, 0) is 40.7 Å². The van der Waals surface area contributed by atoms with E-state index in [2.05, 4.69) is 4.98 Å². The molecule has 1 aliphatic heterocycles. The van der Waals surface area contributed by atoms with Gasteiger partial charge in [-0.3, -0.25) is 0 Å². The summed E-state index contributed by atoms with van der Waals surface area (Å²) >= 11 is 6.31. The van der Waals surface area contributed by atoms with Crippen molar-refractivity contribution in [2.24, 2.45) is 0 Å². The fourth-order valence-corrected chi connectivity index (χ4v) is 2.08. The van der Waals surface area contributed by atoms with Gasteiger partial charge in [0.05, 0.1) is 17.8 Å². The van der Waals surface area contributed by atoms with Gasteiger partial charge >= 0.3 is 7.12 Å². The van der Waals surface area contributed by atoms with Gasteiger partial charge in [-0.2, -0.15) is 0 Å². The summed E-state index contributed by atoms with van der Waals surface area (Å²) in [6.45, 7) is 10.4. The molecule has 4 nitrogen and oxygen atoms in total.